The fourth-order valence-corrected chi connectivity index (χ4v) is 6.08. The Morgan fingerprint density at radius 3 is 2.71 bits per heavy atom. The zero-order chi connectivity index (χ0) is 23.7. The summed E-state index contributed by atoms with van der Waals surface area (Å²) in [4.78, 5) is 10.2. The van der Waals surface area contributed by atoms with Crippen molar-refractivity contribution in [1.29, 1.82) is 0 Å². The normalized spacial score (nSPS) is 32.3. The van der Waals surface area contributed by atoms with Gasteiger partial charge in [-0.25, -0.2) is 9.37 Å². The van der Waals surface area contributed by atoms with Crippen molar-refractivity contribution in [3.05, 3.63) is 53.9 Å². The minimum Gasteiger partial charge on any atom is -0.470 e. The molecule has 35 heavy (non-hydrogen) atoms. The zero-order valence-electron chi connectivity index (χ0n) is 19.5. The predicted molar refractivity (Wildman–Crippen MR) is 129 cm³/mol. The molecule has 7 rings (SSSR count). The topological polar surface area (TPSA) is 79.8 Å². The average Bonchev–Trinajstić information content (AvgIpc) is 3.58. The average molecular weight is 478 g/mol. The molecule has 3 aromatic rings. The monoisotopic (exact) mass is 477 g/mol. The van der Waals surface area contributed by atoms with Gasteiger partial charge < -0.3 is 24.3 Å². The third-order valence-corrected chi connectivity index (χ3v) is 8.06. The van der Waals surface area contributed by atoms with E-state index in [4.69, 9.17) is 14.2 Å². The number of pyridine rings is 1. The van der Waals surface area contributed by atoms with Gasteiger partial charge in [-0.1, -0.05) is 30.3 Å². The number of hydrogen-bond donors (Lipinski definition) is 2. The Morgan fingerprint density at radius 2 is 1.89 bits per heavy atom. The summed E-state index contributed by atoms with van der Waals surface area (Å²) in [7, 11) is 2.21. The maximum Gasteiger partial charge on any atom is 0.193 e. The smallest absolute Gasteiger partial charge is 0.193 e. The van der Waals surface area contributed by atoms with Crippen LogP contribution >= 0.6 is 0 Å². The maximum absolute atomic E-state index is 15.0. The number of aliphatic hydroxyl groups is 1. The number of nitrogens with zero attached hydrogens (tertiary/aromatic N) is 2. The van der Waals surface area contributed by atoms with E-state index in [-0.39, 0.29) is 30.7 Å². The fourth-order valence-electron chi connectivity index (χ4n) is 6.08. The van der Waals surface area contributed by atoms with E-state index in [2.05, 4.69) is 40.1 Å². The van der Waals surface area contributed by atoms with Crippen molar-refractivity contribution in [2.45, 2.75) is 55.8 Å². The number of halogens is 1. The molecular formula is C27H28FN3O4. The van der Waals surface area contributed by atoms with Gasteiger partial charge in [0.25, 0.3) is 0 Å². The summed E-state index contributed by atoms with van der Waals surface area (Å²) in [6.07, 6.45) is 4.28. The number of benzene rings is 1. The van der Waals surface area contributed by atoms with E-state index in [0.717, 1.165) is 12.0 Å². The van der Waals surface area contributed by atoms with E-state index in [1.54, 1.807) is 6.07 Å². The summed E-state index contributed by atoms with van der Waals surface area (Å²) in [6, 6.07) is 12.4. The number of nitrogens with one attached hydrogen (secondary N) is 1. The van der Waals surface area contributed by atoms with E-state index >= 15 is 4.39 Å². The lowest BCUT2D eigenvalue weighted by molar-refractivity contribution is 0.00794. The summed E-state index contributed by atoms with van der Waals surface area (Å²) < 4.78 is 32.3. The molecule has 0 amide bonds. The van der Waals surface area contributed by atoms with Gasteiger partial charge >= 0.3 is 0 Å². The number of aliphatic hydroxyl groups excluding tert-OH is 1. The molecular weight excluding hydrogens is 449 g/mol. The highest BCUT2D eigenvalue weighted by atomic mass is 19.1. The molecule has 4 aliphatic rings. The number of hydrogen-bond acceptors (Lipinski definition) is 6. The van der Waals surface area contributed by atoms with Crippen LogP contribution in [0.2, 0.25) is 0 Å². The second-order valence-electron chi connectivity index (χ2n) is 10.1. The molecule has 2 aromatic heterocycles. The minimum atomic E-state index is -0.632. The lowest BCUT2D eigenvalue weighted by Crippen LogP contribution is -2.34. The summed E-state index contributed by atoms with van der Waals surface area (Å²) in [5.41, 5.74) is 4.84. The van der Waals surface area contributed by atoms with Gasteiger partial charge in [0.05, 0.1) is 24.2 Å². The van der Waals surface area contributed by atoms with Crippen LogP contribution in [0.25, 0.3) is 27.9 Å². The van der Waals surface area contributed by atoms with E-state index in [1.165, 1.54) is 30.0 Å². The number of likely N-dealkylation sites (N-methyl/N-ethyl adjacent to an activating group) is 1. The Morgan fingerprint density at radius 1 is 1.09 bits per heavy atom. The molecule has 8 heteroatoms. The SMILES string of the molecule is CN1C2C=C(c3ccc(-c4nc5cc(O[C@@H]6COC7[C@H](O)CO[C@@H]76)[nH]c5cc4F)cc3)CC1CC2. The first-order valence-corrected chi connectivity index (χ1v) is 12.3. The molecule has 3 unspecified atom stereocenters. The Kier molecular flexibility index (Phi) is 4.99. The molecule has 1 aromatic carbocycles. The van der Waals surface area contributed by atoms with Gasteiger partial charge in [0, 0.05) is 29.8 Å². The van der Waals surface area contributed by atoms with Crippen LogP contribution in [0.15, 0.2) is 42.5 Å². The Labute approximate surface area is 202 Å². The van der Waals surface area contributed by atoms with Crippen molar-refractivity contribution in [3.8, 4) is 17.1 Å². The molecule has 6 heterocycles. The first-order chi connectivity index (χ1) is 17.0. The largest absolute Gasteiger partial charge is 0.470 e. The standard InChI is InChI=1S/C27H28FN3O4/c1-31-17-6-7-18(31)9-16(8-17)14-2-4-15(5-3-14)25-19(28)10-20-21(30-25)11-24(29-20)35-23-13-34-26-22(32)12-33-27(23)26/h2-5,8,10-11,17-18,22-23,26-27,29,32H,6-7,9,12-13H2,1H3/t17?,18?,22-,23-,26?,27-/m1/s1. The van der Waals surface area contributed by atoms with Crippen molar-refractivity contribution >= 4 is 16.6 Å². The number of H-pyrrole nitrogens is 1. The summed E-state index contributed by atoms with van der Waals surface area (Å²) in [6.45, 7) is 0.571. The van der Waals surface area contributed by atoms with E-state index < -0.39 is 6.10 Å². The molecule has 6 atom stereocenters. The summed E-state index contributed by atoms with van der Waals surface area (Å²) >= 11 is 0. The summed E-state index contributed by atoms with van der Waals surface area (Å²) in [5.74, 6) is 0.0872. The van der Waals surface area contributed by atoms with Crippen LogP contribution in [-0.2, 0) is 9.47 Å². The molecule has 3 saturated heterocycles. The maximum atomic E-state index is 15.0. The molecule has 0 spiro atoms. The Hall–Kier alpha value is -2.78. The Bertz CT molecular complexity index is 1310. The minimum absolute atomic E-state index is 0.242. The van der Waals surface area contributed by atoms with Crippen molar-refractivity contribution in [3.63, 3.8) is 0 Å². The summed E-state index contributed by atoms with van der Waals surface area (Å²) in [5, 5.41) is 9.92. The second kappa shape index (κ2) is 8.13. The lowest BCUT2D eigenvalue weighted by atomic mass is 9.94. The Balaban J connectivity index is 1.12. The first-order valence-electron chi connectivity index (χ1n) is 12.3. The number of aromatic amines is 1. The third-order valence-electron chi connectivity index (χ3n) is 8.06. The van der Waals surface area contributed by atoms with E-state index in [1.807, 2.05) is 12.1 Å². The van der Waals surface area contributed by atoms with Crippen LogP contribution in [0, 0.1) is 5.82 Å². The van der Waals surface area contributed by atoms with Crippen LogP contribution in [0.3, 0.4) is 0 Å². The van der Waals surface area contributed by atoms with Gasteiger partial charge in [0.15, 0.2) is 17.8 Å². The van der Waals surface area contributed by atoms with Crippen molar-refractivity contribution < 1.29 is 23.7 Å². The van der Waals surface area contributed by atoms with Crippen LogP contribution in [0.4, 0.5) is 4.39 Å². The van der Waals surface area contributed by atoms with Gasteiger partial charge in [-0.3, -0.25) is 4.90 Å². The number of ether oxygens (including phenoxy) is 3. The van der Waals surface area contributed by atoms with Gasteiger partial charge in [0.2, 0.25) is 0 Å². The highest BCUT2D eigenvalue weighted by molar-refractivity contribution is 5.81. The van der Waals surface area contributed by atoms with Crippen molar-refractivity contribution in [2.75, 3.05) is 20.3 Å². The quantitative estimate of drug-likeness (QED) is 0.599. The predicted octanol–water partition coefficient (Wildman–Crippen LogP) is 3.52. The highest BCUT2D eigenvalue weighted by Gasteiger charge is 2.48. The third kappa shape index (κ3) is 3.59. The molecule has 4 aliphatic heterocycles. The van der Waals surface area contributed by atoms with Crippen LogP contribution < -0.4 is 4.74 Å². The van der Waals surface area contributed by atoms with Crippen molar-refractivity contribution in [2.24, 2.45) is 0 Å². The van der Waals surface area contributed by atoms with Gasteiger partial charge in [-0.2, -0.15) is 0 Å². The van der Waals surface area contributed by atoms with Gasteiger partial charge in [0.1, 0.15) is 24.0 Å². The molecule has 0 aliphatic carbocycles. The van der Waals surface area contributed by atoms with Crippen LogP contribution in [0.5, 0.6) is 5.88 Å². The fraction of sp³-hybridized carbons (Fsp3) is 0.444. The first kappa shape index (κ1) is 21.5. The van der Waals surface area contributed by atoms with Crippen LogP contribution in [-0.4, -0.2) is 76.7 Å². The molecule has 0 radical (unpaired) electrons. The zero-order valence-corrected chi connectivity index (χ0v) is 19.5. The van der Waals surface area contributed by atoms with Crippen molar-refractivity contribution in [1.82, 2.24) is 14.9 Å². The molecule has 2 bridgehead atoms. The van der Waals surface area contributed by atoms with E-state index in [9.17, 15) is 5.11 Å². The molecule has 0 saturated carbocycles. The molecule has 7 nitrogen and oxygen atoms in total. The van der Waals surface area contributed by atoms with E-state index in [0.29, 0.717) is 41.3 Å². The van der Waals surface area contributed by atoms with Gasteiger partial charge in [-0.05, 0) is 37.4 Å². The second-order valence-corrected chi connectivity index (χ2v) is 10.1. The molecule has 3 fully saturated rings. The number of aromatic nitrogens is 2. The van der Waals surface area contributed by atoms with Gasteiger partial charge in [-0.15, -0.1) is 0 Å². The number of rotatable bonds is 4. The van der Waals surface area contributed by atoms with Crippen LogP contribution in [0.1, 0.15) is 24.8 Å². The highest BCUT2D eigenvalue weighted by Crippen LogP contribution is 2.38. The molecule has 2 N–H and O–H groups in total. The lowest BCUT2D eigenvalue weighted by Gasteiger charge is -2.30. The number of fused-ring (bicyclic) bond motifs is 4. The molecule has 182 valence electrons.